The highest BCUT2D eigenvalue weighted by Gasteiger charge is 2.40. The molecule has 1 rings (SSSR count). The summed E-state index contributed by atoms with van der Waals surface area (Å²) in [6.07, 6.45) is -5.00. The minimum atomic E-state index is -5.00. The van der Waals surface area contributed by atoms with Gasteiger partial charge in [-0.05, 0) is 12.1 Å². The van der Waals surface area contributed by atoms with E-state index in [4.69, 9.17) is 34.8 Å². The second-order valence-electron chi connectivity index (χ2n) is 2.58. The first-order valence-corrected chi connectivity index (χ1v) is 4.63. The Morgan fingerprint density at radius 1 is 1.13 bits per heavy atom. The van der Waals surface area contributed by atoms with Gasteiger partial charge in [-0.25, -0.2) is 0 Å². The lowest BCUT2D eigenvalue weighted by Gasteiger charge is -2.08. The first-order valence-electron chi connectivity index (χ1n) is 3.49. The number of hydrogen-bond donors (Lipinski definition) is 0. The van der Waals surface area contributed by atoms with Gasteiger partial charge in [0.25, 0.3) is 5.78 Å². The Labute approximate surface area is 97.7 Å². The molecule has 82 valence electrons. The third-order valence-corrected chi connectivity index (χ3v) is 2.52. The van der Waals surface area contributed by atoms with Crippen molar-refractivity contribution in [1.29, 1.82) is 0 Å². The SMILES string of the molecule is O=C(c1cc(Cl)cc(Cl)c1Cl)C(F)(F)F. The first kappa shape index (κ1) is 12.6. The van der Waals surface area contributed by atoms with Gasteiger partial charge < -0.3 is 0 Å². The number of benzene rings is 1. The van der Waals surface area contributed by atoms with E-state index in [0.29, 0.717) is 0 Å². The third kappa shape index (κ3) is 2.77. The van der Waals surface area contributed by atoms with Crippen molar-refractivity contribution < 1.29 is 18.0 Å². The molecular weight excluding hydrogens is 275 g/mol. The molecule has 15 heavy (non-hydrogen) atoms. The largest absolute Gasteiger partial charge is 0.454 e. The summed E-state index contributed by atoms with van der Waals surface area (Å²) < 4.78 is 36.3. The Morgan fingerprint density at radius 3 is 2.13 bits per heavy atom. The molecule has 0 aliphatic rings. The molecule has 0 spiro atoms. The molecule has 1 aromatic carbocycles. The molecule has 0 heterocycles. The van der Waals surface area contributed by atoms with E-state index < -0.39 is 22.5 Å². The molecule has 0 aromatic heterocycles. The smallest absolute Gasteiger partial charge is 0.284 e. The first-order chi connectivity index (χ1) is 6.73. The Hall–Kier alpha value is -0.450. The number of Topliss-reactive ketones (excluding diaryl/α,β-unsaturated/α-hetero) is 1. The lowest BCUT2D eigenvalue weighted by molar-refractivity contribution is -0.0885. The fourth-order valence-corrected chi connectivity index (χ4v) is 1.56. The van der Waals surface area contributed by atoms with Crippen LogP contribution in [0.3, 0.4) is 0 Å². The predicted molar refractivity (Wildman–Crippen MR) is 51.9 cm³/mol. The van der Waals surface area contributed by atoms with Crippen LogP contribution in [0.5, 0.6) is 0 Å². The van der Waals surface area contributed by atoms with Crippen molar-refractivity contribution in [3.8, 4) is 0 Å². The zero-order chi connectivity index (χ0) is 11.8. The molecule has 0 N–H and O–H groups in total. The van der Waals surface area contributed by atoms with E-state index >= 15 is 0 Å². The maximum atomic E-state index is 12.1. The van der Waals surface area contributed by atoms with Crippen molar-refractivity contribution in [2.45, 2.75) is 6.18 Å². The van der Waals surface area contributed by atoms with Crippen molar-refractivity contribution in [3.05, 3.63) is 32.8 Å². The monoisotopic (exact) mass is 276 g/mol. The van der Waals surface area contributed by atoms with Gasteiger partial charge in [0.05, 0.1) is 10.0 Å². The minimum absolute atomic E-state index is 0.0861. The van der Waals surface area contributed by atoms with Crippen LogP contribution in [0.2, 0.25) is 15.1 Å². The highest BCUT2D eigenvalue weighted by Crippen LogP contribution is 2.33. The van der Waals surface area contributed by atoms with Crippen LogP contribution in [0.4, 0.5) is 13.2 Å². The van der Waals surface area contributed by atoms with Crippen LogP contribution in [-0.2, 0) is 0 Å². The van der Waals surface area contributed by atoms with Crippen molar-refractivity contribution in [2.24, 2.45) is 0 Å². The molecule has 0 fully saturated rings. The molecule has 0 atom stereocenters. The molecule has 0 bridgehead atoms. The van der Waals surface area contributed by atoms with E-state index in [-0.39, 0.29) is 10.0 Å². The van der Waals surface area contributed by atoms with E-state index in [9.17, 15) is 18.0 Å². The van der Waals surface area contributed by atoms with Gasteiger partial charge in [0.2, 0.25) is 0 Å². The van der Waals surface area contributed by atoms with Crippen LogP contribution in [0.1, 0.15) is 10.4 Å². The van der Waals surface area contributed by atoms with Crippen molar-refractivity contribution in [1.82, 2.24) is 0 Å². The highest BCUT2D eigenvalue weighted by molar-refractivity contribution is 6.45. The van der Waals surface area contributed by atoms with Gasteiger partial charge in [0, 0.05) is 10.6 Å². The summed E-state index contributed by atoms with van der Waals surface area (Å²) >= 11 is 16.4. The van der Waals surface area contributed by atoms with Gasteiger partial charge in [0.1, 0.15) is 0 Å². The van der Waals surface area contributed by atoms with E-state index in [2.05, 4.69) is 0 Å². The number of halogens is 6. The van der Waals surface area contributed by atoms with Crippen molar-refractivity contribution in [2.75, 3.05) is 0 Å². The Morgan fingerprint density at radius 2 is 1.67 bits per heavy atom. The molecule has 1 aromatic rings. The highest BCUT2D eigenvalue weighted by atomic mass is 35.5. The number of carbonyl (C=O) groups excluding carboxylic acids is 1. The second-order valence-corrected chi connectivity index (χ2v) is 3.80. The standard InChI is InChI=1S/C8H2Cl3F3O/c9-3-1-4(6(11)5(10)2-3)7(15)8(12,13)14/h1-2H. The van der Waals surface area contributed by atoms with Crippen molar-refractivity contribution >= 4 is 40.6 Å². The molecule has 0 amide bonds. The Bertz CT molecular complexity index is 414. The summed E-state index contributed by atoms with van der Waals surface area (Å²) in [7, 11) is 0. The molecular formula is C8H2Cl3F3O. The van der Waals surface area contributed by atoms with Crippen LogP contribution in [0, 0.1) is 0 Å². The summed E-state index contributed by atoms with van der Waals surface area (Å²) in [6, 6.07) is 1.98. The molecule has 0 unspecified atom stereocenters. The lowest BCUT2D eigenvalue weighted by atomic mass is 10.1. The van der Waals surface area contributed by atoms with Crippen molar-refractivity contribution in [3.63, 3.8) is 0 Å². The average Bonchev–Trinajstić information content (AvgIpc) is 2.08. The summed E-state index contributed by atoms with van der Waals surface area (Å²) in [5, 5.41) is -0.739. The maximum absolute atomic E-state index is 12.1. The number of carbonyl (C=O) groups is 1. The van der Waals surface area contributed by atoms with E-state index in [1.807, 2.05) is 0 Å². The fourth-order valence-electron chi connectivity index (χ4n) is 0.874. The van der Waals surface area contributed by atoms with Crippen LogP contribution in [0.25, 0.3) is 0 Å². The van der Waals surface area contributed by atoms with Crippen LogP contribution in [0.15, 0.2) is 12.1 Å². The zero-order valence-electron chi connectivity index (χ0n) is 6.83. The average molecular weight is 277 g/mol. The van der Waals surface area contributed by atoms with Gasteiger partial charge in [-0.3, -0.25) is 4.79 Å². The quantitative estimate of drug-likeness (QED) is 0.549. The number of hydrogen-bond acceptors (Lipinski definition) is 1. The molecule has 0 saturated heterocycles. The number of rotatable bonds is 1. The summed E-state index contributed by atoms with van der Waals surface area (Å²) in [5.41, 5.74) is -0.748. The van der Waals surface area contributed by atoms with Gasteiger partial charge >= 0.3 is 6.18 Å². The van der Waals surface area contributed by atoms with Crippen LogP contribution >= 0.6 is 34.8 Å². The van der Waals surface area contributed by atoms with E-state index in [1.54, 1.807) is 0 Å². The molecule has 0 saturated carbocycles. The fraction of sp³-hybridized carbons (Fsp3) is 0.125. The minimum Gasteiger partial charge on any atom is -0.284 e. The molecule has 7 heteroatoms. The Balaban J connectivity index is 3.32. The van der Waals surface area contributed by atoms with Gasteiger partial charge in [-0.2, -0.15) is 13.2 Å². The third-order valence-electron chi connectivity index (χ3n) is 1.50. The van der Waals surface area contributed by atoms with E-state index in [1.165, 1.54) is 0 Å². The Kier molecular flexibility index (Phi) is 3.53. The second kappa shape index (κ2) is 4.20. The molecule has 1 nitrogen and oxygen atoms in total. The van der Waals surface area contributed by atoms with Crippen LogP contribution < -0.4 is 0 Å². The topological polar surface area (TPSA) is 17.1 Å². The lowest BCUT2D eigenvalue weighted by Crippen LogP contribution is -2.23. The zero-order valence-corrected chi connectivity index (χ0v) is 9.10. The summed E-state index contributed by atoms with van der Waals surface area (Å²) in [4.78, 5) is 10.9. The molecule has 0 aliphatic heterocycles. The maximum Gasteiger partial charge on any atom is 0.454 e. The van der Waals surface area contributed by atoms with Crippen LogP contribution in [-0.4, -0.2) is 12.0 Å². The normalized spacial score (nSPS) is 11.6. The van der Waals surface area contributed by atoms with Gasteiger partial charge in [0.15, 0.2) is 0 Å². The predicted octanol–water partition coefficient (Wildman–Crippen LogP) is 4.39. The number of ketones is 1. The summed E-state index contributed by atoms with van der Waals surface area (Å²) in [5.74, 6) is -2.07. The van der Waals surface area contributed by atoms with Gasteiger partial charge in [-0.1, -0.05) is 34.8 Å². The molecule has 0 aliphatic carbocycles. The van der Waals surface area contributed by atoms with E-state index in [0.717, 1.165) is 12.1 Å². The summed E-state index contributed by atoms with van der Waals surface area (Å²) in [6.45, 7) is 0. The number of alkyl halides is 3. The molecule has 0 radical (unpaired) electrons. The van der Waals surface area contributed by atoms with Gasteiger partial charge in [-0.15, -0.1) is 0 Å².